The van der Waals surface area contributed by atoms with E-state index in [1.165, 1.54) is 5.56 Å². The van der Waals surface area contributed by atoms with Gasteiger partial charge in [-0.15, -0.1) is 11.8 Å². The fourth-order valence-electron chi connectivity index (χ4n) is 3.62. The number of halogens is 6. The van der Waals surface area contributed by atoms with Gasteiger partial charge in [0.1, 0.15) is 17.6 Å². The van der Waals surface area contributed by atoms with Crippen LogP contribution >= 0.6 is 11.8 Å². The van der Waals surface area contributed by atoms with E-state index in [2.05, 4.69) is 39.8 Å². The maximum absolute atomic E-state index is 10.6. The highest BCUT2D eigenvalue weighted by molar-refractivity contribution is 8.01. The van der Waals surface area contributed by atoms with Crippen LogP contribution in [0.3, 0.4) is 0 Å². The Balaban J connectivity index is 0.000000301. The Bertz CT molecular complexity index is 1040. The molecule has 0 aliphatic carbocycles. The zero-order valence-electron chi connectivity index (χ0n) is 19.8. The molecule has 2 N–H and O–H groups in total. The number of carbonyl (C=O) groups is 2. The highest BCUT2D eigenvalue weighted by Crippen LogP contribution is 2.46. The molecule has 15 heteroatoms. The maximum Gasteiger partial charge on any atom is 0.490 e. The number of hydrogen-bond acceptors (Lipinski definition) is 7. The zero-order valence-corrected chi connectivity index (χ0v) is 20.6. The third-order valence-electron chi connectivity index (χ3n) is 5.16. The third-order valence-corrected chi connectivity index (χ3v) is 6.74. The van der Waals surface area contributed by atoms with Crippen LogP contribution in [-0.4, -0.2) is 81.2 Å². The first-order valence-electron chi connectivity index (χ1n) is 10.8. The molecule has 2 aliphatic rings. The molecular formula is C23H24F6N2O6S. The molecule has 3 heterocycles. The fourth-order valence-corrected chi connectivity index (χ4v) is 5.19. The van der Waals surface area contributed by atoms with Crippen molar-refractivity contribution in [2.24, 2.45) is 0 Å². The van der Waals surface area contributed by atoms with Gasteiger partial charge in [0.15, 0.2) is 0 Å². The number of methoxy groups -OCH3 is 1. The van der Waals surface area contributed by atoms with Crippen molar-refractivity contribution in [1.82, 2.24) is 9.88 Å². The minimum atomic E-state index is -5.08. The number of thioether (sulfide) groups is 1. The lowest BCUT2D eigenvalue weighted by atomic mass is 9.92. The van der Waals surface area contributed by atoms with E-state index in [4.69, 9.17) is 29.3 Å². The van der Waals surface area contributed by atoms with Crippen LogP contribution < -0.4 is 9.47 Å². The fraction of sp³-hybridized carbons (Fsp3) is 0.435. The van der Waals surface area contributed by atoms with Gasteiger partial charge in [0.25, 0.3) is 0 Å². The molecule has 1 unspecified atom stereocenters. The predicted octanol–water partition coefficient (Wildman–Crippen LogP) is 4.50. The van der Waals surface area contributed by atoms with E-state index < -0.39 is 24.3 Å². The van der Waals surface area contributed by atoms with Crippen LogP contribution in [0.1, 0.15) is 12.0 Å². The van der Waals surface area contributed by atoms with Crippen LogP contribution in [0.2, 0.25) is 0 Å². The Morgan fingerprint density at radius 3 is 2.13 bits per heavy atom. The van der Waals surface area contributed by atoms with Gasteiger partial charge in [0.2, 0.25) is 0 Å². The second kappa shape index (κ2) is 13.0. The molecule has 2 fully saturated rings. The molecule has 4 rings (SSSR count). The second-order valence-electron chi connectivity index (χ2n) is 8.23. The minimum Gasteiger partial charge on any atom is -0.497 e. The summed E-state index contributed by atoms with van der Waals surface area (Å²) in [5.41, 5.74) is 1.32. The highest BCUT2D eigenvalue weighted by Gasteiger charge is 2.49. The normalized spacial score (nSPS) is 18.2. The number of aliphatic carboxylic acids is 2. The number of benzene rings is 1. The van der Waals surface area contributed by atoms with Crippen LogP contribution in [-0.2, 0) is 16.1 Å². The average Bonchev–Trinajstić information content (AvgIpc) is 3.23. The molecule has 1 aromatic heterocycles. The number of hydrogen-bond donors (Lipinski definition) is 2. The lowest BCUT2D eigenvalue weighted by molar-refractivity contribution is -0.193. The van der Waals surface area contributed by atoms with E-state index in [-0.39, 0.29) is 0 Å². The van der Waals surface area contributed by atoms with Gasteiger partial charge in [-0.1, -0.05) is 12.1 Å². The molecule has 1 spiro atoms. The molecule has 2 aromatic rings. The molecule has 0 bridgehead atoms. The van der Waals surface area contributed by atoms with Gasteiger partial charge in [-0.05, 0) is 29.8 Å². The zero-order chi connectivity index (χ0) is 28.6. The van der Waals surface area contributed by atoms with Crippen molar-refractivity contribution in [2.75, 3.05) is 26.0 Å². The molecule has 1 aromatic carbocycles. The first kappa shape index (κ1) is 31.0. The van der Waals surface area contributed by atoms with Gasteiger partial charge in [0, 0.05) is 42.8 Å². The van der Waals surface area contributed by atoms with Crippen molar-refractivity contribution in [1.29, 1.82) is 0 Å². The molecule has 210 valence electrons. The summed E-state index contributed by atoms with van der Waals surface area (Å²) in [5, 5.41) is 14.2. The van der Waals surface area contributed by atoms with E-state index in [0.29, 0.717) is 10.9 Å². The van der Waals surface area contributed by atoms with Gasteiger partial charge in [-0.3, -0.25) is 9.88 Å². The Labute approximate surface area is 217 Å². The molecule has 8 nitrogen and oxygen atoms in total. The van der Waals surface area contributed by atoms with Crippen LogP contribution in [0.5, 0.6) is 11.5 Å². The molecule has 0 saturated carbocycles. The van der Waals surface area contributed by atoms with Gasteiger partial charge < -0.3 is 19.7 Å². The number of ether oxygens (including phenoxy) is 2. The summed E-state index contributed by atoms with van der Waals surface area (Å²) in [7, 11) is 1.72. The summed E-state index contributed by atoms with van der Waals surface area (Å²) < 4.78 is 75.2. The summed E-state index contributed by atoms with van der Waals surface area (Å²) in [5.74, 6) is -2.63. The number of alkyl halides is 6. The highest BCUT2D eigenvalue weighted by atomic mass is 32.2. The topological polar surface area (TPSA) is 109 Å². The first-order chi connectivity index (χ1) is 17.6. The van der Waals surface area contributed by atoms with E-state index >= 15 is 0 Å². The van der Waals surface area contributed by atoms with Crippen LogP contribution in [0.4, 0.5) is 26.3 Å². The van der Waals surface area contributed by atoms with Gasteiger partial charge in [-0.2, -0.15) is 26.3 Å². The predicted molar refractivity (Wildman–Crippen MR) is 124 cm³/mol. The average molecular weight is 571 g/mol. The molecule has 0 radical (unpaired) electrons. The largest absolute Gasteiger partial charge is 0.497 e. The molecular weight excluding hydrogens is 546 g/mol. The molecule has 38 heavy (non-hydrogen) atoms. The second-order valence-corrected chi connectivity index (χ2v) is 9.72. The third kappa shape index (κ3) is 9.93. The van der Waals surface area contributed by atoms with Crippen LogP contribution in [0, 0.1) is 0 Å². The van der Waals surface area contributed by atoms with E-state index in [1.54, 1.807) is 19.5 Å². The van der Waals surface area contributed by atoms with E-state index in [1.807, 2.05) is 18.2 Å². The smallest absolute Gasteiger partial charge is 0.490 e. The number of carboxylic acid groups (broad SMARTS) is 2. The van der Waals surface area contributed by atoms with E-state index in [0.717, 1.165) is 43.3 Å². The lowest BCUT2D eigenvalue weighted by Gasteiger charge is -2.47. The number of nitrogens with zero attached hydrogens (tertiary/aromatic N) is 2. The number of carboxylic acids is 2. The Morgan fingerprint density at radius 2 is 1.63 bits per heavy atom. The van der Waals surface area contributed by atoms with E-state index in [9.17, 15) is 26.3 Å². The lowest BCUT2D eigenvalue weighted by Crippen LogP contribution is -2.58. The number of pyridine rings is 1. The Kier molecular flexibility index (Phi) is 10.6. The van der Waals surface area contributed by atoms with Crippen molar-refractivity contribution >= 4 is 23.7 Å². The van der Waals surface area contributed by atoms with Crippen molar-refractivity contribution in [2.45, 2.75) is 36.2 Å². The molecule has 0 amide bonds. The molecule has 1 atom stereocenters. The minimum absolute atomic E-state index is 0.304. The summed E-state index contributed by atoms with van der Waals surface area (Å²) in [6.45, 7) is 3.27. The molecule has 2 saturated heterocycles. The Morgan fingerprint density at radius 1 is 1.05 bits per heavy atom. The van der Waals surface area contributed by atoms with Crippen molar-refractivity contribution < 1.29 is 55.6 Å². The number of rotatable bonds is 5. The summed E-state index contributed by atoms with van der Waals surface area (Å²) >= 11 is 2.07. The maximum atomic E-state index is 10.6. The summed E-state index contributed by atoms with van der Waals surface area (Å²) in [6.07, 6.45) is -5.16. The van der Waals surface area contributed by atoms with Crippen molar-refractivity contribution in [3.63, 3.8) is 0 Å². The summed E-state index contributed by atoms with van der Waals surface area (Å²) in [6, 6.07) is 12.3. The van der Waals surface area contributed by atoms with Crippen molar-refractivity contribution in [3.8, 4) is 11.5 Å². The monoisotopic (exact) mass is 570 g/mol. The van der Waals surface area contributed by atoms with Gasteiger partial charge in [0.05, 0.1) is 13.3 Å². The van der Waals surface area contributed by atoms with Gasteiger partial charge in [-0.25, -0.2) is 9.59 Å². The Hall–Kier alpha value is -3.20. The van der Waals surface area contributed by atoms with Crippen LogP contribution in [0.15, 0.2) is 48.8 Å². The van der Waals surface area contributed by atoms with Gasteiger partial charge >= 0.3 is 24.3 Å². The quantitative estimate of drug-likeness (QED) is 0.503. The SMILES string of the molecule is COc1cccc(CN2CC3(CC(Oc4cccnc4)CS3)C2)c1.O=C(O)C(F)(F)F.O=C(O)C(F)(F)F. The number of likely N-dealkylation sites (tertiary alicyclic amines) is 1. The number of aromatic nitrogens is 1. The van der Waals surface area contributed by atoms with Crippen molar-refractivity contribution in [3.05, 3.63) is 54.4 Å². The van der Waals surface area contributed by atoms with Crippen LogP contribution in [0.25, 0.3) is 0 Å². The standard InChI is InChI=1S/C19H22N2O2S.2C2HF3O2/c1-22-16-5-2-4-15(8-16)11-21-13-19(14-21)9-18(12-24-19)23-17-6-3-7-20-10-17;2*3-2(4,5)1(6)7/h2-8,10,18H,9,11-14H2,1H3;2*(H,6,7). The first-order valence-corrected chi connectivity index (χ1v) is 11.8. The molecule has 2 aliphatic heterocycles. The summed E-state index contributed by atoms with van der Waals surface area (Å²) in [4.78, 5) is 24.4.